The monoisotopic (exact) mass is 711 g/mol. The van der Waals surface area contributed by atoms with Gasteiger partial charge in [0.1, 0.15) is 22.8 Å². The first-order valence-electron chi connectivity index (χ1n) is 17.7. The Morgan fingerprint density at radius 2 is 1.78 bits per heavy atom. The zero-order chi connectivity index (χ0) is 37.0. The van der Waals surface area contributed by atoms with Gasteiger partial charge in [-0.15, -0.1) is 11.3 Å². The van der Waals surface area contributed by atoms with E-state index in [9.17, 15) is 19.2 Å². The fraction of sp³-hybridized carbons (Fsp3) is 0.605. The predicted molar refractivity (Wildman–Crippen MR) is 196 cm³/mol. The van der Waals surface area contributed by atoms with Crippen LogP contribution in [0.3, 0.4) is 0 Å². The van der Waals surface area contributed by atoms with Crippen molar-refractivity contribution in [3.05, 3.63) is 63.2 Å². The number of nitrogens with one attached hydrogen (secondary N) is 2. The van der Waals surface area contributed by atoms with Crippen LogP contribution in [-0.2, 0) is 30.3 Å². The molecule has 50 heavy (non-hydrogen) atoms. The first kappa shape index (κ1) is 40.8. The third-order valence-electron chi connectivity index (χ3n) is 9.30. The van der Waals surface area contributed by atoms with Gasteiger partial charge in [0.05, 0.1) is 18.6 Å². The van der Waals surface area contributed by atoms with Crippen molar-refractivity contribution in [2.75, 3.05) is 34.4 Å². The Hall–Kier alpha value is -3.61. The Morgan fingerprint density at radius 1 is 1.08 bits per heavy atom. The molecule has 1 aliphatic rings. The zero-order valence-corrected chi connectivity index (χ0v) is 32.1. The van der Waals surface area contributed by atoms with Crippen LogP contribution in [0.15, 0.2) is 47.0 Å². The molecule has 2 heterocycles. The van der Waals surface area contributed by atoms with Crippen LogP contribution in [0.4, 0.5) is 0 Å². The molecular weight excluding hydrogens is 655 g/mol. The lowest BCUT2D eigenvalue weighted by atomic mass is 9.96. The Labute approximate surface area is 302 Å². The van der Waals surface area contributed by atoms with Gasteiger partial charge in [-0.3, -0.25) is 24.1 Å². The van der Waals surface area contributed by atoms with E-state index in [0.717, 1.165) is 42.6 Å². The molecule has 11 nitrogen and oxygen atoms in total. The molecule has 0 saturated carbocycles. The lowest BCUT2D eigenvalue weighted by molar-refractivity contribution is -0.147. The third kappa shape index (κ3) is 11.5. The summed E-state index contributed by atoms with van der Waals surface area (Å²) in [4.78, 5) is 61.5. The number of ether oxygens (including phenoxy) is 2. The smallest absolute Gasteiger partial charge is 0.308 e. The Kier molecular flexibility index (Phi) is 16.1. The molecule has 0 radical (unpaired) electrons. The number of amides is 3. The maximum atomic E-state index is 13.9. The molecular formula is C38H57N5O6S. The number of carbonyl (C=O) groups excluding carboxylic acids is 4. The minimum atomic E-state index is -0.691. The highest BCUT2D eigenvalue weighted by atomic mass is 32.1. The number of esters is 1. The molecule has 0 unspecified atom stereocenters. The number of benzene rings is 1. The Balaban J connectivity index is 1.74. The summed E-state index contributed by atoms with van der Waals surface area (Å²) in [5.41, 5.74) is 2.99. The molecule has 276 valence electrons. The maximum Gasteiger partial charge on any atom is 0.308 e. The highest BCUT2D eigenvalue weighted by Gasteiger charge is 2.34. The summed E-state index contributed by atoms with van der Waals surface area (Å²) in [6.07, 6.45) is 3.62. The molecule has 2 aromatic rings. The minimum Gasteiger partial charge on any atom is -0.466 e. The number of aromatic nitrogens is 1. The van der Waals surface area contributed by atoms with Gasteiger partial charge < -0.3 is 25.0 Å². The molecule has 1 aromatic heterocycles. The number of methoxy groups -OCH3 is 1. The first-order valence-corrected chi connectivity index (χ1v) is 18.6. The number of rotatable bonds is 17. The number of carbonyl (C=O) groups is 4. The number of piperidine rings is 1. The minimum absolute atomic E-state index is 0.115. The summed E-state index contributed by atoms with van der Waals surface area (Å²) >= 11 is 1.32. The Bertz CT molecular complexity index is 1460. The Morgan fingerprint density at radius 3 is 2.38 bits per heavy atom. The van der Waals surface area contributed by atoms with Crippen LogP contribution < -0.4 is 10.6 Å². The molecule has 1 fully saturated rings. The largest absolute Gasteiger partial charge is 0.466 e. The number of nitrogens with zero attached hydrogens (tertiary/aromatic N) is 3. The second-order valence-corrected chi connectivity index (χ2v) is 14.7. The standard InChI is InChI=1S/C38H57N5O6S/c1-10-49-38(47)26(6)20-28(21-27-16-12-11-13-17-27)39-34(44)29-23-50-36(40-29)32(48-9)22-31(24(2)3)43(8)37(46)33(25(4)5)41-35(45)30-18-14-15-19-42(30)7/h11-13,16-17,23,25-26,28,30,32-33H,10,14-15,18-22H2,1-9H3,(H,39,44)(H,41,45)/t26-,28+,30+,32+,33-/m0/s1. The van der Waals surface area contributed by atoms with E-state index in [1.165, 1.54) is 11.3 Å². The second-order valence-electron chi connectivity index (χ2n) is 13.8. The molecule has 1 aliphatic heterocycles. The van der Waals surface area contributed by atoms with Crippen molar-refractivity contribution in [3.63, 3.8) is 0 Å². The number of hydrogen-bond acceptors (Lipinski definition) is 9. The fourth-order valence-electron chi connectivity index (χ4n) is 6.33. The molecule has 0 spiro atoms. The fourth-order valence-corrected chi connectivity index (χ4v) is 7.21. The van der Waals surface area contributed by atoms with Crippen molar-refractivity contribution < 1.29 is 28.7 Å². The van der Waals surface area contributed by atoms with E-state index in [2.05, 4.69) is 20.5 Å². The van der Waals surface area contributed by atoms with Crippen LogP contribution in [0.25, 0.3) is 0 Å². The summed E-state index contributed by atoms with van der Waals surface area (Å²) in [7, 11) is 5.27. The van der Waals surface area contributed by atoms with Gasteiger partial charge in [0.15, 0.2) is 0 Å². The van der Waals surface area contributed by atoms with Crippen molar-refractivity contribution in [3.8, 4) is 0 Å². The number of likely N-dealkylation sites (N-methyl/N-ethyl adjacent to an activating group) is 2. The van der Waals surface area contributed by atoms with Gasteiger partial charge in [-0.1, -0.05) is 63.1 Å². The van der Waals surface area contributed by atoms with E-state index in [1.54, 1.807) is 31.4 Å². The summed E-state index contributed by atoms with van der Waals surface area (Å²) in [5.74, 6) is -1.46. The van der Waals surface area contributed by atoms with Crippen LogP contribution in [0.5, 0.6) is 0 Å². The highest BCUT2D eigenvalue weighted by Crippen LogP contribution is 2.31. The van der Waals surface area contributed by atoms with Gasteiger partial charge in [-0.25, -0.2) is 4.98 Å². The van der Waals surface area contributed by atoms with E-state index in [1.807, 2.05) is 72.0 Å². The zero-order valence-electron chi connectivity index (χ0n) is 31.3. The molecule has 5 atom stereocenters. The lowest BCUT2D eigenvalue weighted by Gasteiger charge is -2.34. The van der Waals surface area contributed by atoms with E-state index in [0.29, 0.717) is 30.9 Å². The average Bonchev–Trinajstić information content (AvgIpc) is 3.58. The highest BCUT2D eigenvalue weighted by molar-refractivity contribution is 7.09. The summed E-state index contributed by atoms with van der Waals surface area (Å²) < 4.78 is 11.1. The van der Waals surface area contributed by atoms with Crippen LogP contribution >= 0.6 is 11.3 Å². The van der Waals surface area contributed by atoms with Crippen molar-refractivity contribution >= 4 is 35.0 Å². The summed E-state index contributed by atoms with van der Waals surface area (Å²) in [6, 6.07) is 8.56. The molecule has 3 rings (SSSR count). The third-order valence-corrected chi connectivity index (χ3v) is 10.2. The molecule has 3 amide bonds. The van der Waals surface area contributed by atoms with E-state index < -0.39 is 18.1 Å². The van der Waals surface area contributed by atoms with Crippen LogP contribution in [0, 0.1) is 11.8 Å². The quantitative estimate of drug-likeness (QED) is 0.205. The van der Waals surface area contributed by atoms with E-state index >= 15 is 0 Å². The van der Waals surface area contributed by atoms with Gasteiger partial charge in [0.2, 0.25) is 11.8 Å². The van der Waals surface area contributed by atoms with Gasteiger partial charge >= 0.3 is 5.97 Å². The van der Waals surface area contributed by atoms with Crippen molar-refractivity contribution in [2.45, 2.75) is 104 Å². The predicted octanol–water partition coefficient (Wildman–Crippen LogP) is 5.53. The number of thiazole rings is 1. The van der Waals surface area contributed by atoms with Gasteiger partial charge in [0, 0.05) is 37.7 Å². The van der Waals surface area contributed by atoms with E-state index in [-0.39, 0.29) is 47.4 Å². The average molecular weight is 712 g/mol. The van der Waals surface area contributed by atoms with Gasteiger partial charge in [-0.05, 0) is 71.5 Å². The maximum absolute atomic E-state index is 13.9. The molecule has 1 saturated heterocycles. The normalized spacial score (nSPS) is 17.3. The molecule has 0 aliphatic carbocycles. The second kappa shape index (κ2) is 19.7. The summed E-state index contributed by atoms with van der Waals surface area (Å²) in [6.45, 7) is 12.5. The van der Waals surface area contributed by atoms with E-state index in [4.69, 9.17) is 9.47 Å². The van der Waals surface area contributed by atoms with Crippen LogP contribution in [0.2, 0.25) is 0 Å². The van der Waals surface area contributed by atoms with Gasteiger partial charge in [0.25, 0.3) is 5.91 Å². The number of allylic oxidation sites excluding steroid dienone is 1. The lowest BCUT2D eigenvalue weighted by Crippen LogP contribution is -2.55. The van der Waals surface area contributed by atoms with Crippen molar-refractivity contribution in [1.29, 1.82) is 0 Å². The SMILES string of the molecule is CCOC(=O)[C@@H](C)C[C@H](Cc1ccccc1)NC(=O)c1csc([C@@H](CC(=C(C)C)N(C)C(=O)[C@@H](NC(=O)[C@H]2CCCCN2C)C(C)C)OC)n1. The molecule has 0 bridgehead atoms. The van der Waals surface area contributed by atoms with Crippen molar-refractivity contribution in [1.82, 2.24) is 25.4 Å². The topological polar surface area (TPSA) is 130 Å². The molecule has 1 aromatic carbocycles. The van der Waals surface area contributed by atoms with Gasteiger partial charge in [-0.2, -0.15) is 0 Å². The molecule has 2 N–H and O–H groups in total. The summed E-state index contributed by atoms with van der Waals surface area (Å²) in [5, 5.41) is 8.45. The molecule has 12 heteroatoms. The van der Waals surface area contributed by atoms with Crippen LogP contribution in [-0.4, -0.2) is 91.0 Å². The number of hydrogen-bond donors (Lipinski definition) is 2. The first-order chi connectivity index (χ1) is 23.8. The number of likely N-dealkylation sites (tertiary alicyclic amines) is 1. The van der Waals surface area contributed by atoms with Crippen molar-refractivity contribution in [2.24, 2.45) is 11.8 Å². The van der Waals surface area contributed by atoms with Crippen LogP contribution in [0.1, 0.15) is 101 Å².